The van der Waals surface area contributed by atoms with Crippen LogP contribution < -0.4 is 5.32 Å². The Morgan fingerprint density at radius 3 is 2.75 bits per heavy atom. The summed E-state index contributed by atoms with van der Waals surface area (Å²) in [6.45, 7) is 0.672. The van der Waals surface area contributed by atoms with Gasteiger partial charge < -0.3 is 5.32 Å². The van der Waals surface area contributed by atoms with E-state index in [2.05, 4.69) is 15.3 Å². The number of anilines is 1. The molecule has 20 heavy (non-hydrogen) atoms. The fourth-order valence-corrected chi connectivity index (χ4v) is 2.08. The number of benzene rings is 1. The Labute approximate surface area is 122 Å². The van der Waals surface area contributed by atoms with Crippen LogP contribution in [0.4, 0.5) is 5.69 Å². The molecule has 100 valence electrons. The molecule has 0 spiro atoms. The zero-order chi connectivity index (χ0) is 13.8. The second-order valence-electron chi connectivity index (χ2n) is 4.32. The van der Waals surface area contributed by atoms with E-state index in [1.54, 1.807) is 18.7 Å². The maximum Gasteiger partial charge on any atom is 0.137 e. The summed E-state index contributed by atoms with van der Waals surface area (Å²) in [5, 5.41) is 4.07. The second kappa shape index (κ2) is 5.75. The molecule has 0 aliphatic rings. The van der Waals surface area contributed by atoms with Crippen molar-refractivity contribution in [1.29, 1.82) is 0 Å². The molecule has 1 aromatic carbocycles. The molecule has 0 saturated heterocycles. The number of aromatic nitrogens is 3. The highest BCUT2D eigenvalue weighted by Crippen LogP contribution is 2.17. The van der Waals surface area contributed by atoms with Gasteiger partial charge in [-0.1, -0.05) is 29.8 Å². The lowest BCUT2D eigenvalue weighted by atomic mass is 10.2. The van der Waals surface area contributed by atoms with Crippen molar-refractivity contribution in [1.82, 2.24) is 14.5 Å². The maximum atomic E-state index is 6.12. The van der Waals surface area contributed by atoms with Gasteiger partial charge in [0.05, 0.1) is 11.9 Å². The average molecular weight is 285 g/mol. The molecule has 2 aromatic heterocycles. The first-order valence-corrected chi connectivity index (χ1v) is 6.62. The normalized spacial score (nSPS) is 10.4. The van der Waals surface area contributed by atoms with Gasteiger partial charge in [0.1, 0.15) is 12.1 Å². The highest BCUT2D eigenvalue weighted by Gasteiger charge is 2.00. The van der Waals surface area contributed by atoms with Crippen LogP contribution in [-0.4, -0.2) is 14.5 Å². The molecule has 1 N–H and O–H groups in total. The fourth-order valence-electron chi connectivity index (χ4n) is 1.88. The first-order valence-electron chi connectivity index (χ1n) is 6.24. The van der Waals surface area contributed by atoms with E-state index < -0.39 is 0 Å². The number of rotatable bonds is 4. The molecule has 0 aliphatic heterocycles. The Balaban J connectivity index is 1.68. The molecular weight excluding hydrogens is 272 g/mol. The Morgan fingerprint density at radius 2 is 2.05 bits per heavy atom. The van der Waals surface area contributed by atoms with Gasteiger partial charge in [0, 0.05) is 24.0 Å². The third-order valence-electron chi connectivity index (χ3n) is 2.96. The molecule has 4 nitrogen and oxygen atoms in total. The molecule has 3 rings (SSSR count). The average Bonchev–Trinajstić information content (AvgIpc) is 3.01. The zero-order valence-electron chi connectivity index (χ0n) is 10.7. The number of hydrogen-bond acceptors (Lipinski definition) is 3. The summed E-state index contributed by atoms with van der Waals surface area (Å²) in [5.74, 6) is 0.839. The summed E-state index contributed by atoms with van der Waals surface area (Å²) in [7, 11) is 0. The number of nitrogens with zero attached hydrogens (tertiary/aromatic N) is 3. The van der Waals surface area contributed by atoms with Crippen LogP contribution >= 0.6 is 11.6 Å². The van der Waals surface area contributed by atoms with Crippen LogP contribution in [0.5, 0.6) is 0 Å². The monoisotopic (exact) mass is 284 g/mol. The second-order valence-corrected chi connectivity index (χ2v) is 4.73. The van der Waals surface area contributed by atoms with E-state index in [4.69, 9.17) is 11.6 Å². The predicted molar refractivity (Wildman–Crippen MR) is 80.1 cm³/mol. The number of imidazole rings is 1. The van der Waals surface area contributed by atoms with Crippen molar-refractivity contribution in [2.24, 2.45) is 0 Å². The SMILES string of the molecule is Clc1ccccc1CNc1ccc(-n2ccnc2)nc1. The first kappa shape index (κ1) is 12.7. The van der Waals surface area contributed by atoms with Crippen LogP contribution in [0, 0.1) is 0 Å². The minimum atomic E-state index is 0.672. The largest absolute Gasteiger partial charge is 0.380 e. The number of halogens is 1. The maximum absolute atomic E-state index is 6.12. The van der Waals surface area contributed by atoms with Crippen molar-refractivity contribution in [3.63, 3.8) is 0 Å². The van der Waals surface area contributed by atoms with Gasteiger partial charge in [0.2, 0.25) is 0 Å². The molecule has 0 radical (unpaired) electrons. The summed E-state index contributed by atoms with van der Waals surface area (Å²) in [4.78, 5) is 8.38. The van der Waals surface area contributed by atoms with Crippen LogP contribution in [0.3, 0.4) is 0 Å². The predicted octanol–water partition coefficient (Wildman–Crippen LogP) is 3.53. The third-order valence-corrected chi connectivity index (χ3v) is 3.33. The molecular formula is C15H13ClN4. The number of hydrogen-bond donors (Lipinski definition) is 1. The van der Waals surface area contributed by atoms with Crippen molar-refractivity contribution >= 4 is 17.3 Å². The lowest BCUT2D eigenvalue weighted by Crippen LogP contribution is -2.01. The van der Waals surface area contributed by atoms with Gasteiger partial charge in [0.25, 0.3) is 0 Å². The minimum absolute atomic E-state index is 0.672. The van der Waals surface area contributed by atoms with E-state index >= 15 is 0 Å². The van der Waals surface area contributed by atoms with Gasteiger partial charge in [-0.15, -0.1) is 0 Å². The van der Waals surface area contributed by atoms with E-state index in [9.17, 15) is 0 Å². The summed E-state index contributed by atoms with van der Waals surface area (Å²) < 4.78 is 1.86. The molecule has 0 aliphatic carbocycles. The summed E-state index contributed by atoms with van der Waals surface area (Å²) in [5.41, 5.74) is 2.02. The third kappa shape index (κ3) is 2.81. The number of pyridine rings is 1. The number of nitrogens with one attached hydrogen (secondary N) is 1. The van der Waals surface area contributed by atoms with Gasteiger partial charge in [-0.05, 0) is 23.8 Å². The highest BCUT2D eigenvalue weighted by atomic mass is 35.5. The summed E-state index contributed by atoms with van der Waals surface area (Å²) in [6.07, 6.45) is 7.11. The zero-order valence-corrected chi connectivity index (χ0v) is 11.5. The molecule has 0 fully saturated rings. The van der Waals surface area contributed by atoms with E-state index in [0.717, 1.165) is 22.1 Å². The Kier molecular flexibility index (Phi) is 3.65. The van der Waals surface area contributed by atoms with Gasteiger partial charge >= 0.3 is 0 Å². The standard InChI is InChI=1S/C15H13ClN4/c16-14-4-2-1-3-12(14)9-18-13-5-6-15(19-10-13)20-8-7-17-11-20/h1-8,10-11,18H,9H2. The van der Waals surface area contributed by atoms with Crippen molar-refractivity contribution in [2.45, 2.75) is 6.54 Å². The first-order chi connectivity index (χ1) is 9.83. The quantitative estimate of drug-likeness (QED) is 0.797. The van der Waals surface area contributed by atoms with Gasteiger partial charge in [0.15, 0.2) is 0 Å². The summed E-state index contributed by atoms with van der Waals surface area (Å²) >= 11 is 6.12. The van der Waals surface area contributed by atoms with Gasteiger partial charge in [-0.3, -0.25) is 4.57 Å². The van der Waals surface area contributed by atoms with Crippen LogP contribution in [0.1, 0.15) is 5.56 Å². The Bertz CT molecular complexity index is 677. The van der Waals surface area contributed by atoms with Crippen LogP contribution in [0.25, 0.3) is 5.82 Å². The van der Waals surface area contributed by atoms with Crippen LogP contribution in [0.15, 0.2) is 61.3 Å². The fraction of sp³-hybridized carbons (Fsp3) is 0.0667. The van der Waals surface area contributed by atoms with E-state index in [-0.39, 0.29) is 0 Å². The summed E-state index contributed by atoms with van der Waals surface area (Å²) in [6, 6.07) is 11.7. The highest BCUT2D eigenvalue weighted by molar-refractivity contribution is 6.31. The van der Waals surface area contributed by atoms with Crippen LogP contribution in [0.2, 0.25) is 5.02 Å². The topological polar surface area (TPSA) is 42.7 Å². The van der Waals surface area contributed by atoms with Crippen molar-refractivity contribution in [3.8, 4) is 5.82 Å². The molecule has 3 aromatic rings. The molecule has 0 bridgehead atoms. The van der Waals surface area contributed by atoms with Crippen molar-refractivity contribution in [3.05, 3.63) is 71.9 Å². The molecule has 2 heterocycles. The smallest absolute Gasteiger partial charge is 0.137 e. The van der Waals surface area contributed by atoms with Crippen molar-refractivity contribution < 1.29 is 0 Å². The Morgan fingerprint density at radius 1 is 1.15 bits per heavy atom. The molecule has 5 heteroatoms. The minimum Gasteiger partial charge on any atom is -0.380 e. The molecule has 0 atom stereocenters. The van der Waals surface area contributed by atoms with Crippen molar-refractivity contribution in [2.75, 3.05) is 5.32 Å². The van der Waals surface area contributed by atoms with E-state index in [1.807, 2.05) is 47.2 Å². The molecule has 0 unspecified atom stereocenters. The molecule has 0 amide bonds. The van der Waals surface area contributed by atoms with Gasteiger partial charge in [-0.2, -0.15) is 0 Å². The van der Waals surface area contributed by atoms with Gasteiger partial charge in [-0.25, -0.2) is 9.97 Å². The van der Waals surface area contributed by atoms with E-state index in [0.29, 0.717) is 6.54 Å². The van der Waals surface area contributed by atoms with Crippen LogP contribution in [-0.2, 0) is 6.54 Å². The lowest BCUT2D eigenvalue weighted by molar-refractivity contribution is 0.990. The van der Waals surface area contributed by atoms with E-state index in [1.165, 1.54) is 0 Å². The lowest BCUT2D eigenvalue weighted by Gasteiger charge is -2.08. The molecule has 0 saturated carbocycles. The Hall–Kier alpha value is -2.33.